The minimum atomic E-state index is -0.683. The predicted octanol–water partition coefficient (Wildman–Crippen LogP) is 12.3. The van der Waals surface area contributed by atoms with Crippen molar-refractivity contribution >= 4 is 27.5 Å². The molecule has 0 amide bonds. The number of furan rings is 1. The second kappa shape index (κ2) is 11.6. The van der Waals surface area contributed by atoms with Crippen molar-refractivity contribution in [2.45, 2.75) is 12.3 Å². The van der Waals surface area contributed by atoms with Crippen molar-refractivity contribution < 1.29 is 9.15 Å². The second-order valence-corrected chi connectivity index (χ2v) is 13.2. The normalized spacial score (nSPS) is 15.9. The zero-order valence-corrected chi connectivity index (χ0v) is 28.5. The molecule has 1 aliphatic heterocycles. The van der Waals surface area contributed by atoms with Crippen LogP contribution in [0.1, 0.15) is 29.2 Å². The van der Waals surface area contributed by atoms with E-state index in [1.165, 1.54) is 5.56 Å². The maximum atomic E-state index is 6.87. The van der Waals surface area contributed by atoms with Gasteiger partial charge in [0.05, 0.1) is 16.8 Å². The molecule has 1 atom stereocenters. The van der Waals surface area contributed by atoms with Crippen LogP contribution in [0.2, 0.25) is 0 Å². The third-order valence-electron chi connectivity index (χ3n) is 10.5. The lowest BCUT2D eigenvalue weighted by Gasteiger charge is -2.40. The number of hydrogen-bond acceptors (Lipinski definition) is 4. The van der Waals surface area contributed by atoms with E-state index in [0.29, 0.717) is 5.82 Å². The molecule has 0 fully saturated rings. The Hall–Kier alpha value is -6.78. The van der Waals surface area contributed by atoms with Crippen molar-refractivity contribution in [2.75, 3.05) is 0 Å². The van der Waals surface area contributed by atoms with E-state index in [-0.39, 0.29) is 0 Å². The SMILES string of the molecule is C=CC1=C(/C=C\C)c2c(ccc3oc4ccccc4c23)C12c1ccccc1Oc1cc(-c3cc(-c4ccccc4)nc(-c4ccccc4)n3)ccc12. The van der Waals surface area contributed by atoms with E-state index in [1.54, 1.807) is 0 Å². The minimum absolute atomic E-state index is 0.673. The largest absolute Gasteiger partial charge is 0.457 e. The summed E-state index contributed by atoms with van der Waals surface area (Å²) in [4.78, 5) is 10.1. The lowest BCUT2D eigenvalue weighted by Crippen LogP contribution is -2.32. The number of rotatable bonds is 5. The maximum Gasteiger partial charge on any atom is 0.160 e. The van der Waals surface area contributed by atoms with Gasteiger partial charge in [-0.2, -0.15) is 0 Å². The van der Waals surface area contributed by atoms with Crippen molar-refractivity contribution in [3.05, 3.63) is 198 Å². The highest BCUT2D eigenvalue weighted by Gasteiger charge is 2.52. The first-order valence-electron chi connectivity index (χ1n) is 17.6. The van der Waals surface area contributed by atoms with Crippen LogP contribution in [0.25, 0.3) is 61.4 Å². The van der Waals surface area contributed by atoms with Gasteiger partial charge in [0.1, 0.15) is 22.7 Å². The Morgan fingerprint density at radius 2 is 1.27 bits per heavy atom. The molecule has 6 aromatic carbocycles. The topological polar surface area (TPSA) is 48.2 Å². The van der Waals surface area contributed by atoms with E-state index in [9.17, 15) is 0 Å². The zero-order chi connectivity index (χ0) is 34.8. The molecular weight excluding hydrogens is 637 g/mol. The Kier molecular flexibility index (Phi) is 6.74. The third-order valence-corrected chi connectivity index (χ3v) is 10.5. The molecule has 1 aliphatic carbocycles. The highest BCUT2D eigenvalue weighted by atomic mass is 16.5. The smallest absolute Gasteiger partial charge is 0.160 e. The lowest BCUT2D eigenvalue weighted by atomic mass is 9.65. The van der Waals surface area contributed by atoms with E-state index >= 15 is 0 Å². The molecule has 0 saturated heterocycles. The van der Waals surface area contributed by atoms with Crippen LogP contribution in [0.15, 0.2) is 180 Å². The van der Waals surface area contributed by atoms with Gasteiger partial charge in [-0.1, -0.05) is 140 Å². The van der Waals surface area contributed by atoms with Gasteiger partial charge in [-0.25, -0.2) is 9.97 Å². The van der Waals surface area contributed by atoms with E-state index < -0.39 is 5.41 Å². The van der Waals surface area contributed by atoms with Crippen LogP contribution in [0.4, 0.5) is 0 Å². The molecule has 0 saturated carbocycles. The Labute approximate surface area is 301 Å². The molecular formula is C48H32N2O2. The number of hydrogen-bond donors (Lipinski definition) is 0. The first-order valence-corrected chi connectivity index (χ1v) is 17.6. The molecule has 2 aliphatic rings. The van der Waals surface area contributed by atoms with Crippen LogP contribution >= 0.6 is 0 Å². The molecule has 10 rings (SSSR count). The average molecular weight is 669 g/mol. The van der Waals surface area contributed by atoms with Gasteiger partial charge >= 0.3 is 0 Å². The number of benzene rings is 6. The van der Waals surface area contributed by atoms with Gasteiger partial charge in [-0.3, -0.25) is 0 Å². The highest BCUT2D eigenvalue weighted by molar-refractivity contribution is 6.14. The number of para-hydroxylation sites is 2. The Balaban J connectivity index is 1.25. The fourth-order valence-corrected chi connectivity index (χ4v) is 8.35. The summed E-state index contributed by atoms with van der Waals surface area (Å²) in [6.45, 7) is 6.52. The number of fused-ring (bicyclic) bond motifs is 10. The number of ether oxygens (including phenoxy) is 1. The average Bonchev–Trinajstić information content (AvgIpc) is 3.72. The fraction of sp³-hybridized carbons (Fsp3) is 0.0417. The van der Waals surface area contributed by atoms with Gasteiger partial charge < -0.3 is 9.15 Å². The van der Waals surface area contributed by atoms with Crippen LogP contribution < -0.4 is 4.74 Å². The molecule has 3 heterocycles. The molecule has 1 unspecified atom stereocenters. The first kappa shape index (κ1) is 30.1. The monoisotopic (exact) mass is 668 g/mol. The molecule has 8 aromatic rings. The van der Waals surface area contributed by atoms with Gasteiger partial charge in [-0.05, 0) is 59.5 Å². The lowest BCUT2D eigenvalue weighted by molar-refractivity contribution is 0.436. The molecule has 0 bridgehead atoms. The van der Waals surface area contributed by atoms with E-state index in [0.717, 1.165) is 89.4 Å². The van der Waals surface area contributed by atoms with E-state index in [4.69, 9.17) is 19.1 Å². The van der Waals surface area contributed by atoms with Crippen LogP contribution in [-0.4, -0.2) is 9.97 Å². The Bertz CT molecular complexity index is 2730. The van der Waals surface area contributed by atoms with Gasteiger partial charge in [0, 0.05) is 38.6 Å². The molecule has 52 heavy (non-hydrogen) atoms. The van der Waals surface area contributed by atoms with Crippen LogP contribution in [0.3, 0.4) is 0 Å². The van der Waals surface area contributed by atoms with Gasteiger partial charge in [0.25, 0.3) is 0 Å². The zero-order valence-electron chi connectivity index (χ0n) is 28.5. The van der Waals surface area contributed by atoms with Crippen molar-refractivity contribution in [1.82, 2.24) is 9.97 Å². The number of aromatic nitrogens is 2. The molecule has 4 nitrogen and oxygen atoms in total. The van der Waals surface area contributed by atoms with Gasteiger partial charge in [-0.15, -0.1) is 0 Å². The predicted molar refractivity (Wildman–Crippen MR) is 210 cm³/mol. The molecule has 0 radical (unpaired) electrons. The summed E-state index contributed by atoms with van der Waals surface area (Å²) in [7, 11) is 0. The quantitative estimate of drug-likeness (QED) is 0.183. The van der Waals surface area contributed by atoms with Gasteiger partial charge in [0.15, 0.2) is 5.82 Å². The molecule has 2 aromatic heterocycles. The van der Waals surface area contributed by atoms with Crippen molar-refractivity contribution in [1.29, 1.82) is 0 Å². The summed E-state index contributed by atoms with van der Waals surface area (Å²) < 4.78 is 13.3. The molecule has 1 spiro atoms. The van der Waals surface area contributed by atoms with Crippen LogP contribution in [-0.2, 0) is 5.41 Å². The van der Waals surface area contributed by atoms with Gasteiger partial charge in [0.2, 0.25) is 0 Å². The first-order chi connectivity index (χ1) is 25.7. The minimum Gasteiger partial charge on any atom is -0.457 e. The number of nitrogens with zero attached hydrogens (tertiary/aromatic N) is 2. The standard InChI is InChI=1S/C48H32N2O2/c1-3-15-33-35(4-2)48(38-26-27-43-46(45(33)38)34-20-11-13-22-41(34)51-43)36-21-12-14-23-42(36)52-44-28-32(24-25-37(44)48)40-29-39(30-16-7-5-8-17-30)49-47(50-40)31-18-9-6-10-19-31/h3-29H,2H2,1H3/b15-3-. The second-order valence-electron chi connectivity index (χ2n) is 13.2. The van der Waals surface area contributed by atoms with Crippen molar-refractivity contribution in [3.63, 3.8) is 0 Å². The Morgan fingerprint density at radius 1 is 0.596 bits per heavy atom. The summed E-state index contributed by atoms with van der Waals surface area (Å²) in [5.74, 6) is 2.27. The summed E-state index contributed by atoms with van der Waals surface area (Å²) >= 11 is 0. The van der Waals surface area contributed by atoms with Crippen molar-refractivity contribution in [2.24, 2.45) is 0 Å². The Morgan fingerprint density at radius 3 is 2.06 bits per heavy atom. The highest BCUT2D eigenvalue weighted by Crippen LogP contribution is 2.63. The summed E-state index contributed by atoms with van der Waals surface area (Å²) in [5, 5.41) is 2.21. The van der Waals surface area contributed by atoms with Crippen LogP contribution in [0.5, 0.6) is 11.5 Å². The van der Waals surface area contributed by atoms with Crippen LogP contribution in [0, 0.1) is 0 Å². The molecule has 4 heteroatoms. The van der Waals surface area contributed by atoms with Crippen molar-refractivity contribution in [3.8, 4) is 45.4 Å². The summed E-state index contributed by atoms with van der Waals surface area (Å²) in [6, 6.07) is 50.1. The molecule has 0 N–H and O–H groups in total. The van der Waals surface area contributed by atoms with E-state index in [2.05, 4.69) is 105 Å². The summed E-state index contributed by atoms with van der Waals surface area (Å²) in [6.07, 6.45) is 6.36. The van der Waals surface area contributed by atoms with E-state index in [1.807, 2.05) is 72.8 Å². The maximum absolute atomic E-state index is 6.87. The third kappa shape index (κ3) is 4.28. The molecule has 246 valence electrons. The number of allylic oxidation sites excluding steroid dienone is 5. The summed E-state index contributed by atoms with van der Waals surface area (Å²) in [5.41, 5.74) is 12.4. The fourth-order valence-electron chi connectivity index (χ4n) is 8.35.